The lowest BCUT2D eigenvalue weighted by molar-refractivity contribution is 0.0685. The summed E-state index contributed by atoms with van der Waals surface area (Å²) in [5, 5.41) is 2.91. The minimum Gasteiger partial charge on any atom is -0.381 e. The molecule has 1 amide bonds. The molecule has 1 aliphatic heterocycles. The molecule has 0 atom stereocenters. The minimum atomic E-state index is -0.199. The molecular weight excluding hydrogens is 382 g/mol. The van der Waals surface area contributed by atoms with Crippen LogP contribution in [0.2, 0.25) is 0 Å². The van der Waals surface area contributed by atoms with Gasteiger partial charge in [0.05, 0.1) is 11.0 Å². The number of hydrogen-bond donors (Lipinski definition) is 2. The summed E-state index contributed by atoms with van der Waals surface area (Å²) in [7, 11) is 3.75. The first-order valence-electron chi connectivity index (χ1n) is 10.2. The average Bonchev–Trinajstić information content (AvgIpc) is 3.06. The van der Waals surface area contributed by atoms with Gasteiger partial charge in [0, 0.05) is 52.2 Å². The number of H-pyrrole nitrogens is 1. The Kier molecular flexibility index (Phi) is 5.85. The number of anilines is 1. The number of imidazole rings is 1. The van der Waals surface area contributed by atoms with Gasteiger partial charge in [-0.15, -0.1) is 0 Å². The molecule has 4 rings (SSSR count). The number of carbonyl (C=O) groups is 1. The lowest BCUT2D eigenvalue weighted by Gasteiger charge is -2.27. The largest absolute Gasteiger partial charge is 0.381 e. The molecule has 1 aliphatic rings. The second-order valence-corrected chi connectivity index (χ2v) is 7.86. The van der Waals surface area contributed by atoms with Gasteiger partial charge in [0.1, 0.15) is 5.82 Å². The summed E-state index contributed by atoms with van der Waals surface area (Å²) in [6.07, 6.45) is 3.99. The molecule has 8 heteroatoms. The molecule has 3 aromatic rings. The first-order chi connectivity index (χ1) is 14.5. The predicted octanol–water partition coefficient (Wildman–Crippen LogP) is 2.05. The molecule has 8 nitrogen and oxygen atoms in total. The first kappa shape index (κ1) is 20.2. The Balaban J connectivity index is 1.34. The SMILES string of the molecule is CN(CC1CCOCC1)c1ccc(CNC(=O)c2ccc3c(c2)[nH]c(=O)n3C)cn1. The lowest BCUT2D eigenvalue weighted by Crippen LogP contribution is -2.30. The third-order valence-electron chi connectivity index (χ3n) is 5.69. The molecule has 0 unspecified atom stereocenters. The van der Waals surface area contributed by atoms with E-state index in [9.17, 15) is 9.59 Å². The topological polar surface area (TPSA) is 92.3 Å². The zero-order chi connectivity index (χ0) is 21.1. The van der Waals surface area contributed by atoms with Crippen LogP contribution >= 0.6 is 0 Å². The normalized spacial score (nSPS) is 14.7. The van der Waals surface area contributed by atoms with Gasteiger partial charge in [0.25, 0.3) is 5.91 Å². The molecule has 0 aliphatic carbocycles. The molecule has 0 spiro atoms. The van der Waals surface area contributed by atoms with Crippen molar-refractivity contribution in [2.45, 2.75) is 19.4 Å². The van der Waals surface area contributed by atoms with Crippen molar-refractivity contribution in [3.63, 3.8) is 0 Å². The second-order valence-electron chi connectivity index (χ2n) is 7.86. The fraction of sp³-hybridized carbons (Fsp3) is 0.409. The molecule has 3 heterocycles. The van der Waals surface area contributed by atoms with Crippen LogP contribution in [0.4, 0.5) is 5.82 Å². The maximum absolute atomic E-state index is 12.5. The highest BCUT2D eigenvalue weighted by Gasteiger charge is 2.16. The van der Waals surface area contributed by atoms with Crippen molar-refractivity contribution in [1.82, 2.24) is 19.9 Å². The van der Waals surface area contributed by atoms with Gasteiger partial charge in [-0.2, -0.15) is 0 Å². The maximum Gasteiger partial charge on any atom is 0.326 e. The summed E-state index contributed by atoms with van der Waals surface area (Å²) >= 11 is 0. The Morgan fingerprint density at radius 1 is 1.30 bits per heavy atom. The quantitative estimate of drug-likeness (QED) is 0.650. The van der Waals surface area contributed by atoms with Gasteiger partial charge < -0.3 is 19.9 Å². The number of aromatic amines is 1. The summed E-state index contributed by atoms with van der Waals surface area (Å²) < 4.78 is 6.94. The molecule has 1 saturated heterocycles. The molecule has 158 valence electrons. The zero-order valence-corrected chi connectivity index (χ0v) is 17.4. The molecule has 1 fully saturated rings. The first-order valence-corrected chi connectivity index (χ1v) is 10.2. The molecule has 2 N–H and O–H groups in total. The van der Waals surface area contributed by atoms with Crippen molar-refractivity contribution in [1.29, 1.82) is 0 Å². The van der Waals surface area contributed by atoms with Gasteiger partial charge in [0.15, 0.2) is 0 Å². The number of benzene rings is 1. The molecular formula is C22H27N5O3. The predicted molar refractivity (Wildman–Crippen MR) is 116 cm³/mol. The Morgan fingerprint density at radius 3 is 2.83 bits per heavy atom. The van der Waals surface area contributed by atoms with Gasteiger partial charge in [0.2, 0.25) is 0 Å². The van der Waals surface area contributed by atoms with E-state index in [2.05, 4.69) is 27.2 Å². The fourth-order valence-corrected chi connectivity index (χ4v) is 3.82. The number of aryl methyl sites for hydroxylation is 1. The summed E-state index contributed by atoms with van der Waals surface area (Å²) in [4.78, 5) is 33.7. The third kappa shape index (κ3) is 4.38. The van der Waals surface area contributed by atoms with Crippen LogP contribution in [0.15, 0.2) is 41.3 Å². The molecule has 2 aromatic heterocycles. The average molecular weight is 409 g/mol. The molecule has 1 aromatic carbocycles. The Bertz CT molecular complexity index is 1080. The van der Waals surface area contributed by atoms with E-state index in [1.54, 1.807) is 31.4 Å². The zero-order valence-electron chi connectivity index (χ0n) is 17.4. The molecule has 0 bridgehead atoms. The van der Waals surface area contributed by atoms with Crippen LogP contribution in [0, 0.1) is 5.92 Å². The van der Waals surface area contributed by atoms with Crippen molar-refractivity contribution in [3.05, 3.63) is 58.1 Å². The number of nitrogens with zero attached hydrogens (tertiary/aromatic N) is 3. The van der Waals surface area contributed by atoms with Gasteiger partial charge >= 0.3 is 5.69 Å². The van der Waals surface area contributed by atoms with Crippen LogP contribution in [0.5, 0.6) is 0 Å². The number of rotatable bonds is 6. The maximum atomic E-state index is 12.5. The summed E-state index contributed by atoms with van der Waals surface area (Å²) in [6, 6.07) is 9.16. The summed E-state index contributed by atoms with van der Waals surface area (Å²) in [6.45, 7) is 3.05. The van der Waals surface area contributed by atoms with Crippen LogP contribution in [-0.2, 0) is 18.3 Å². The van der Waals surface area contributed by atoms with E-state index >= 15 is 0 Å². The Labute approximate surface area is 174 Å². The number of aromatic nitrogens is 3. The highest BCUT2D eigenvalue weighted by molar-refractivity contribution is 5.97. The minimum absolute atomic E-state index is 0.192. The number of amides is 1. The van der Waals surface area contributed by atoms with E-state index in [1.165, 1.54) is 4.57 Å². The number of hydrogen-bond acceptors (Lipinski definition) is 5. The van der Waals surface area contributed by atoms with Crippen molar-refractivity contribution >= 4 is 22.8 Å². The number of fused-ring (bicyclic) bond motifs is 1. The number of carbonyl (C=O) groups excluding carboxylic acids is 1. The Hall–Kier alpha value is -3.13. The van der Waals surface area contributed by atoms with Gasteiger partial charge in [-0.05, 0) is 48.6 Å². The van der Waals surface area contributed by atoms with Gasteiger partial charge in [-0.1, -0.05) is 6.07 Å². The number of ether oxygens (including phenoxy) is 1. The highest BCUT2D eigenvalue weighted by atomic mass is 16.5. The van der Waals surface area contributed by atoms with Crippen molar-refractivity contribution in [3.8, 4) is 0 Å². The van der Waals surface area contributed by atoms with E-state index in [4.69, 9.17) is 4.74 Å². The van der Waals surface area contributed by atoms with Crippen molar-refractivity contribution in [2.75, 3.05) is 31.7 Å². The molecule has 0 saturated carbocycles. The second kappa shape index (κ2) is 8.71. The number of nitrogens with one attached hydrogen (secondary N) is 2. The lowest BCUT2D eigenvalue weighted by atomic mass is 10.00. The van der Waals surface area contributed by atoms with E-state index in [-0.39, 0.29) is 11.6 Å². The van der Waals surface area contributed by atoms with E-state index in [0.29, 0.717) is 23.5 Å². The van der Waals surface area contributed by atoms with Crippen LogP contribution in [-0.4, -0.2) is 47.2 Å². The van der Waals surface area contributed by atoms with Gasteiger partial charge in [-0.25, -0.2) is 9.78 Å². The third-order valence-corrected chi connectivity index (χ3v) is 5.69. The molecule has 0 radical (unpaired) electrons. The smallest absolute Gasteiger partial charge is 0.326 e. The van der Waals surface area contributed by atoms with Crippen LogP contribution in [0.3, 0.4) is 0 Å². The van der Waals surface area contributed by atoms with E-state index in [1.807, 2.05) is 12.1 Å². The van der Waals surface area contributed by atoms with Crippen LogP contribution < -0.4 is 15.9 Å². The van der Waals surface area contributed by atoms with Crippen LogP contribution in [0.25, 0.3) is 11.0 Å². The van der Waals surface area contributed by atoms with Gasteiger partial charge in [-0.3, -0.25) is 9.36 Å². The standard InChI is InChI=1S/C22H27N5O3/c1-26(14-15-7-9-30-10-8-15)20-6-3-16(12-23-20)13-24-21(28)17-4-5-19-18(11-17)25-22(29)27(19)2/h3-6,11-12,15H,7-10,13-14H2,1-2H3,(H,24,28)(H,25,29). The summed E-state index contributed by atoms with van der Waals surface area (Å²) in [5.41, 5.74) is 2.65. The monoisotopic (exact) mass is 409 g/mol. The molecule has 30 heavy (non-hydrogen) atoms. The van der Waals surface area contributed by atoms with Crippen molar-refractivity contribution in [2.24, 2.45) is 13.0 Å². The number of pyridine rings is 1. The van der Waals surface area contributed by atoms with Crippen LogP contribution in [0.1, 0.15) is 28.8 Å². The summed E-state index contributed by atoms with van der Waals surface area (Å²) in [5.74, 6) is 1.37. The fourth-order valence-electron chi connectivity index (χ4n) is 3.82. The van der Waals surface area contributed by atoms with E-state index < -0.39 is 0 Å². The van der Waals surface area contributed by atoms with Crippen molar-refractivity contribution < 1.29 is 9.53 Å². The Morgan fingerprint density at radius 2 is 2.10 bits per heavy atom. The highest BCUT2D eigenvalue weighted by Crippen LogP contribution is 2.19. The van der Waals surface area contributed by atoms with E-state index in [0.717, 1.165) is 49.5 Å².